The van der Waals surface area contributed by atoms with Gasteiger partial charge in [-0.2, -0.15) is 5.10 Å². The number of aromatic nitrogens is 5. The number of esters is 1. The molecule has 1 aliphatic rings. The van der Waals surface area contributed by atoms with E-state index in [1.165, 1.54) is 18.9 Å². The van der Waals surface area contributed by atoms with Gasteiger partial charge in [-0.3, -0.25) is 4.90 Å². The van der Waals surface area contributed by atoms with Crippen molar-refractivity contribution in [2.45, 2.75) is 13.1 Å². The van der Waals surface area contributed by atoms with E-state index in [9.17, 15) is 4.79 Å². The first kappa shape index (κ1) is 25.0. The fraction of sp³-hybridized carbons (Fsp3) is 0.310. The molecule has 1 aromatic carbocycles. The number of nitrogens with zero attached hydrogens (tertiary/aromatic N) is 7. The molecule has 6 rings (SSSR count). The second-order valence-electron chi connectivity index (χ2n) is 9.69. The van der Waals surface area contributed by atoms with Gasteiger partial charge in [-0.1, -0.05) is 30.3 Å². The Morgan fingerprint density at radius 3 is 2.67 bits per heavy atom. The largest absolute Gasteiger partial charge is 0.464 e. The van der Waals surface area contributed by atoms with Crippen LogP contribution in [0.5, 0.6) is 0 Å². The Hall–Kier alpha value is -4.28. The molecule has 39 heavy (non-hydrogen) atoms. The molecule has 5 heterocycles. The molecular formula is C29H31N7O3. The summed E-state index contributed by atoms with van der Waals surface area (Å²) in [4.78, 5) is 26.4. The molecule has 5 aromatic rings. The molecule has 0 bridgehead atoms. The van der Waals surface area contributed by atoms with Gasteiger partial charge in [0.2, 0.25) is 0 Å². The minimum absolute atomic E-state index is 0.276. The summed E-state index contributed by atoms with van der Waals surface area (Å²) in [5, 5.41) is 5.90. The molecule has 1 aliphatic heterocycles. The van der Waals surface area contributed by atoms with Gasteiger partial charge in [0.15, 0.2) is 11.3 Å². The lowest BCUT2D eigenvalue weighted by atomic mass is 10.1. The molecule has 10 heteroatoms. The lowest BCUT2D eigenvalue weighted by molar-refractivity contribution is 0.0365. The highest BCUT2D eigenvalue weighted by Gasteiger charge is 2.22. The van der Waals surface area contributed by atoms with E-state index in [1.807, 2.05) is 43.6 Å². The highest BCUT2D eigenvalue weighted by Crippen LogP contribution is 2.33. The van der Waals surface area contributed by atoms with E-state index in [1.54, 1.807) is 4.52 Å². The highest BCUT2D eigenvalue weighted by atomic mass is 16.5. The smallest absolute Gasteiger partial charge is 0.358 e. The third kappa shape index (κ3) is 4.96. The number of imidazole rings is 1. The van der Waals surface area contributed by atoms with Crippen molar-refractivity contribution in [1.29, 1.82) is 0 Å². The van der Waals surface area contributed by atoms with Crippen molar-refractivity contribution >= 4 is 28.3 Å². The summed E-state index contributed by atoms with van der Waals surface area (Å²) in [5.41, 5.74) is 5.46. The van der Waals surface area contributed by atoms with Crippen LogP contribution >= 0.6 is 0 Å². The van der Waals surface area contributed by atoms with Crippen molar-refractivity contribution in [3.05, 3.63) is 78.4 Å². The number of ether oxygens (including phenoxy) is 2. The molecule has 1 fully saturated rings. The third-order valence-corrected chi connectivity index (χ3v) is 7.19. The molecule has 0 atom stereocenters. The summed E-state index contributed by atoms with van der Waals surface area (Å²) in [6, 6.07) is 16.3. The molecular weight excluding hydrogens is 494 g/mol. The molecule has 0 N–H and O–H groups in total. The normalized spacial score (nSPS) is 14.2. The van der Waals surface area contributed by atoms with Gasteiger partial charge in [0.25, 0.3) is 0 Å². The number of methoxy groups -OCH3 is 1. The number of pyridine rings is 1. The van der Waals surface area contributed by atoms with Crippen molar-refractivity contribution in [3.8, 4) is 11.3 Å². The zero-order chi connectivity index (χ0) is 26.8. The zero-order valence-corrected chi connectivity index (χ0v) is 22.2. The first-order chi connectivity index (χ1) is 19.1. The average molecular weight is 526 g/mol. The summed E-state index contributed by atoms with van der Waals surface area (Å²) in [6.45, 7) is 5.80. The zero-order valence-electron chi connectivity index (χ0n) is 22.2. The van der Waals surface area contributed by atoms with Crippen molar-refractivity contribution in [3.63, 3.8) is 0 Å². The Labute approximate surface area is 226 Å². The maximum absolute atomic E-state index is 12.6. The third-order valence-electron chi connectivity index (χ3n) is 7.19. The van der Waals surface area contributed by atoms with Crippen molar-refractivity contribution in [2.24, 2.45) is 0 Å². The monoisotopic (exact) mass is 525 g/mol. The van der Waals surface area contributed by atoms with E-state index in [0.717, 1.165) is 67.4 Å². The van der Waals surface area contributed by atoms with E-state index in [0.29, 0.717) is 12.2 Å². The van der Waals surface area contributed by atoms with Gasteiger partial charge < -0.3 is 18.9 Å². The van der Waals surface area contributed by atoms with Crippen LogP contribution in [0.2, 0.25) is 0 Å². The van der Waals surface area contributed by atoms with E-state index in [4.69, 9.17) is 19.6 Å². The second kappa shape index (κ2) is 10.8. The number of carbonyl (C=O) groups is 1. The average Bonchev–Trinajstić information content (AvgIpc) is 3.58. The summed E-state index contributed by atoms with van der Waals surface area (Å²) < 4.78 is 14.3. The van der Waals surface area contributed by atoms with Crippen LogP contribution < -0.4 is 4.90 Å². The predicted molar refractivity (Wildman–Crippen MR) is 149 cm³/mol. The number of morpholine rings is 1. The fourth-order valence-electron chi connectivity index (χ4n) is 5.12. The molecule has 0 unspecified atom stereocenters. The van der Waals surface area contributed by atoms with Crippen LogP contribution in [0.1, 0.15) is 16.1 Å². The van der Waals surface area contributed by atoms with Crippen LogP contribution in [-0.2, 0) is 22.6 Å². The molecule has 0 saturated carbocycles. The number of carbonyl (C=O) groups excluding carboxylic acids is 1. The van der Waals surface area contributed by atoms with Crippen LogP contribution in [0, 0.1) is 0 Å². The molecule has 1 saturated heterocycles. The van der Waals surface area contributed by atoms with Gasteiger partial charge in [0.05, 0.1) is 37.9 Å². The number of hydrogen-bond acceptors (Lipinski definition) is 8. The quantitative estimate of drug-likeness (QED) is 0.285. The Morgan fingerprint density at radius 2 is 1.87 bits per heavy atom. The summed E-state index contributed by atoms with van der Waals surface area (Å²) in [5.74, 6) is -0.488. The van der Waals surface area contributed by atoms with Crippen LogP contribution in [0.3, 0.4) is 0 Å². The molecule has 10 nitrogen and oxygen atoms in total. The maximum atomic E-state index is 12.6. The lowest BCUT2D eigenvalue weighted by Crippen LogP contribution is -2.38. The van der Waals surface area contributed by atoms with Gasteiger partial charge in [-0.15, -0.1) is 0 Å². The first-order valence-electron chi connectivity index (χ1n) is 13.1. The van der Waals surface area contributed by atoms with Crippen LogP contribution in [0.25, 0.3) is 27.9 Å². The van der Waals surface area contributed by atoms with E-state index < -0.39 is 5.97 Å². The Balaban J connectivity index is 1.44. The summed E-state index contributed by atoms with van der Waals surface area (Å²) in [6.07, 6.45) is 5.45. The van der Waals surface area contributed by atoms with Gasteiger partial charge in [-0.05, 0) is 23.8 Å². The lowest BCUT2D eigenvalue weighted by Gasteiger charge is -2.26. The number of hydrogen-bond donors (Lipinski definition) is 0. The van der Waals surface area contributed by atoms with Crippen molar-refractivity contribution < 1.29 is 14.3 Å². The molecule has 0 aliphatic carbocycles. The molecule has 0 amide bonds. The van der Waals surface area contributed by atoms with Crippen LogP contribution in [0.4, 0.5) is 5.69 Å². The van der Waals surface area contributed by atoms with Gasteiger partial charge in [0.1, 0.15) is 5.65 Å². The molecule has 200 valence electrons. The SMILES string of the molecule is COC(=O)c1cnc2c(N(C)Cc3ccccc3)cc(-c3cn(CCN4CCOCC4)c4ncccc34)nn12. The highest BCUT2D eigenvalue weighted by molar-refractivity contribution is 5.95. The number of rotatable bonds is 8. The molecule has 0 spiro atoms. The standard InChI is InChI=1S/C29H31N7O3/c1-33(19-21-7-4-3-5-8-21)25-17-24(32-36-26(29(37)38-2)18-31-28(25)36)23-20-35(27-22(23)9-6-10-30-27)12-11-34-13-15-39-16-14-34/h3-10,17-18,20H,11-16,19H2,1-2H3. The number of benzene rings is 1. The van der Waals surface area contributed by atoms with Gasteiger partial charge in [0, 0.05) is 63.1 Å². The predicted octanol–water partition coefficient (Wildman–Crippen LogP) is 3.50. The Kier molecular flexibility index (Phi) is 6.95. The van der Waals surface area contributed by atoms with Crippen LogP contribution in [-0.4, -0.2) is 82.0 Å². The number of fused-ring (bicyclic) bond motifs is 2. The number of anilines is 1. The second-order valence-corrected chi connectivity index (χ2v) is 9.69. The molecule has 0 radical (unpaired) electrons. The fourth-order valence-corrected chi connectivity index (χ4v) is 5.12. The Morgan fingerprint density at radius 1 is 1.05 bits per heavy atom. The minimum atomic E-state index is -0.488. The maximum Gasteiger partial charge on any atom is 0.358 e. The van der Waals surface area contributed by atoms with Gasteiger partial charge in [-0.25, -0.2) is 19.3 Å². The first-order valence-corrected chi connectivity index (χ1v) is 13.1. The van der Waals surface area contributed by atoms with Crippen molar-refractivity contribution in [1.82, 2.24) is 29.0 Å². The summed E-state index contributed by atoms with van der Waals surface area (Å²) >= 11 is 0. The van der Waals surface area contributed by atoms with Crippen LogP contribution in [0.15, 0.2) is 67.1 Å². The topological polar surface area (TPSA) is 90.0 Å². The van der Waals surface area contributed by atoms with Crippen molar-refractivity contribution in [2.75, 3.05) is 51.9 Å². The van der Waals surface area contributed by atoms with Gasteiger partial charge >= 0.3 is 5.97 Å². The summed E-state index contributed by atoms with van der Waals surface area (Å²) in [7, 11) is 3.38. The van der Waals surface area contributed by atoms with E-state index in [-0.39, 0.29) is 5.69 Å². The Bertz CT molecular complexity index is 1610. The minimum Gasteiger partial charge on any atom is -0.464 e. The van der Waals surface area contributed by atoms with E-state index >= 15 is 0 Å². The van der Waals surface area contributed by atoms with E-state index in [2.05, 4.69) is 43.7 Å². The molecule has 4 aromatic heterocycles.